The molecule has 0 saturated heterocycles. The van der Waals surface area contributed by atoms with E-state index in [2.05, 4.69) is 13.1 Å². The summed E-state index contributed by atoms with van der Waals surface area (Å²) in [5.74, 6) is -0.313. The maximum Gasteiger partial charge on any atom is 0.333 e. The highest BCUT2D eigenvalue weighted by Gasteiger charge is 2.05. The third-order valence-corrected chi connectivity index (χ3v) is 3.36. The summed E-state index contributed by atoms with van der Waals surface area (Å²) in [6.45, 7) is 7.63. The molecule has 1 unspecified atom stereocenters. The van der Waals surface area contributed by atoms with Crippen LogP contribution in [0, 0.1) is 0 Å². The van der Waals surface area contributed by atoms with Gasteiger partial charge < -0.3 is 9.16 Å². The fourth-order valence-corrected chi connectivity index (χ4v) is 1.24. The minimum atomic E-state index is -1.08. The van der Waals surface area contributed by atoms with Crippen molar-refractivity contribution in [2.24, 2.45) is 0 Å². The first-order chi connectivity index (χ1) is 5.57. The maximum atomic E-state index is 10.9. The van der Waals surface area contributed by atoms with E-state index in [9.17, 15) is 4.79 Å². The van der Waals surface area contributed by atoms with Crippen molar-refractivity contribution in [1.29, 1.82) is 0 Å². The Morgan fingerprint density at radius 3 is 2.58 bits per heavy atom. The van der Waals surface area contributed by atoms with Gasteiger partial charge in [-0.25, -0.2) is 4.79 Å². The van der Waals surface area contributed by atoms with E-state index in [-0.39, 0.29) is 5.97 Å². The number of carbonyl (C=O) groups excluding carboxylic acids is 1. The van der Waals surface area contributed by atoms with Crippen LogP contribution in [0.15, 0.2) is 12.2 Å². The second-order valence-electron chi connectivity index (χ2n) is 2.75. The summed E-state index contributed by atoms with van der Waals surface area (Å²) in [5, 5.41) is 0. The zero-order valence-corrected chi connectivity index (χ0v) is 9.08. The summed E-state index contributed by atoms with van der Waals surface area (Å²) in [5.41, 5.74) is 0.446. The van der Waals surface area contributed by atoms with E-state index in [1.807, 2.05) is 0 Å². The summed E-state index contributed by atoms with van der Waals surface area (Å²) in [6, 6.07) is 0.857. The molecule has 0 amide bonds. The summed E-state index contributed by atoms with van der Waals surface area (Å²) < 4.78 is 10.0. The van der Waals surface area contributed by atoms with Crippen LogP contribution in [0.5, 0.6) is 0 Å². The Balaban J connectivity index is 3.44. The second kappa shape index (κ2) is 5.96. The maximum absolute atomic E-state index is 10.9. The average Bonchev–Trinajstić information content (AvgIpc) is 2.03. The minimum absolute atomic E-state index is 0.313. The van der Waals surface area contributed by atoms with Gasteiger partial charge in [-0.3, -0.25) is 0 Å². The number of carbonyl (C=O) groups is 1. The zero-order chi connectivity index (χ0) is 9.56. The lowest BCUT2D eigenvalue weighted by Gasteiger charge is -2.07. The van der Waals surface area contributed by atoms with Crippen LogP contribution >= 0.6 is 0 Å². The first-order valence-corrected chi connectivity index (χ1v) is 6.37. The summed E-state index contributed by atoms with van der Waals surface area (Å²) in [4.78, 5) is 10.9. The summed E-state index contributed by atoms with van der Waals surface area (Å²) in [6.07, 6.45) is 0. The normalized spacial score (nSPS) is 12.2. The van der Waals surface area contributed by atoms with Crippen LogP contribution in [-0.2, 0) is 14.0 Å². The van der Waals surface area contributed by atoms with Crippen molar-refractivity contribution in [2.45, 2.75) is 19.5 Å². The Kier molecular flexibility index (Phi) is 5.66. The van der Waals surface area contributed by atoms with E-state index in [0.29, 0.717) is 12.2 Å². The molecule has 0 aliphatic carbocycles. The van der Waals surface area contributed by atoms with E-state index in [4.69, 9.17) is 9.16 Å². The van der Waals surface area contributed by atoms with Crippen LogP contribution in [0.1, 0.15) is 6.92 Å². The van der Waals surface area contributed by atoms with Gasteiger partial charge in [-0.15, -0.1) is 0 Å². The van der Waals surface area contributed by atoms with Crippen molar-refractivity contribution in [1.82, 2.24) is 0 Å². The molecule has 0 radical (unpaired) electrons. The lowest BCUT2D eigenvalue weighted by atomic mass is 10.4. The molecule has 0 spiro atoms. The van der Waals surface area contributed by atoms with Gasteiger partial charge in [0, 0.05) is 12.7 Å². The molecule has 0 aromatic rings. The smallest absolute Gasteiger partial charge is 0.333 e. The Morgan fingerprint density at radius 2 is 2.17 bits per heavy atom. The molecular weight excluding hydrogens is 172 g/mol. The summed E-state index contributed by atoms with van der Waals surface area (Å²) >= 11 is 0. The van der Waals surface area contributed by atoms with Crippen molar-refractivity contribution in [3.63, 3.8) is 0 Å². The molecule has 0 aliphatic rings. The highest BCUT2D eigenvalue weighted by Crippen LogP contribution is 1.97. The van der Waals surface area contributed by atoms with Crippen molar-refractivity contribution in [3.05, 3.63) is 12.2 Å². The molecule has 0 N–H and O–H groups in total. The monoisotopic (exact) mass is 188 g/mol. The van der Waals surface area contributed by atoms with Crippen LogP contribution in [0.4, 0.5) is 0 Å². The standard InChI is InChI=1S/C8H16O3Si/c1-7(2)8(9)11-5-6-12(4)10-3/h12H,1,5-6H2,2-4H3. The van der Waals surface area contributed by atoms with Crippen LogP contribution in [0.2, 0.25) is 12.6 Å². The fraction of sp³-hybridized carbons (Fsp3) is 0.625. The van der Waals surface area contributed by atoms with Crippen molar-refractivity contribution < 1.29 is 14.0 Å². The molecule has 0 aliphatic heterocycles. The number of hydrogen-bond acceptors (Lipinski definition) is 3. The molecule has 3 nitrogen and oxygen atoms in total. The molecular formula is C8H16O3Si. The average molecular weight is 188 g/mol. The molecule has 0 saturated carbocycles. The van der Waals surface area contributed by atoms with E-state index in [1.54, 1.807) is 14.0 Å². The van der Waals surface area contributed by atoms with E-state index >= 15 is 0 Å². The Hall–Kier alpha value is -0.613. The largest absolute Gasteiger partial charge is 0.463 e. The lowest BCUT2D eigenvalue weighted by molar-refractivity contribution is -0.138. The van der Waals surface area contributed by atoms with Gasteiger partial charge in [-0.05, 0) is 19.5 Å². The van der Waals surface area contributed by atoms with Gasteiger partial charge in [0.05, 0.1) is 6.61 Å². The Labute approximate surface area is 75.1 Å². The van der Waals surface area contributed by atoms with Gasteiger partial charge >= 0.3 is 5.97 Å². The predicted octanol–water partition coefficient (Wildman–Crippen LogP) is 1.11. The zero-order valence-electron chi connectivity index (χ0n) is 7.92. The fourth-order valence-electron chi connectivity index (χ4n) is 0.559. The van der Waals surface area contributed by atoms with Gasteiger partial charge in [-0.2, -0.15) is 0 Å². The van der Waals surface area contributed by atoms with Crippen LogP contribution in [0.25, 0.3) is 0 Å². The highest BCUT2D eigenvalue weighted by molar-refractivity contribution is 6.50. The number of hydrogen-bond donors (Lipinski definition) is 0. The van der Waals surface area contributed by atoms with Crippen molar-refractivity contribution in [3.8, 4) is 0 Å². The van der Waals surface area contributed by atoms with E-state index < -0.39 is 9.04 Å². The number of esters is 1. The van der Waals surface area contributed by atoms with Crippen molar-refractivity contribution in [2.75, 3.05) is 13.7 Å². The predicted molar refractivity (Wildman–Crippen MR) is 50.6 cm³/mol. The minimum Gasteiger partial charge on any atom is -0.463 e. The molecule has 12 heavy (non-hydrogen) atoms. The molecule has 70 valence electrons. The molecule has 0 heterocycles. The summed E-state index contributed by atoms with van der Waals surface area (Å²) in [7, 11) is 0.613. The number of rotatable bonds is 5. The SMILES string of the molecule is C=C(C)C(=O)OCC[SiH](C)OC. The van der Waals surface area contributed by atoms with Crippen LogP contribution in [-0.4, -0.2) is 28.7 Å². The molecule has 0 aromatic heterocycles. The highest BCUT2D eigenvalue weighted by atomic mass is 28.3. The molecule has 0 bridgehead atoms. The molecule has 0 fully saturated rings. The molecule has 4 heteroatoms. The third kappa shape index (κ3) is 5.09. The van der Waals surface area contributed by atoms with Gasteiger partial charge in [0.25, 0.3) is 0 Å². The van der Waals surface area contributed by atoms with Gasteiger partial charge in [0.2, 0.25) is 0 Å². The third-order valence-electron chi connectivity index (χ3n) is 1.51. The molecule has 0 aromatic carbocycles. The Morgan fingerprint density at radius 1 is 1.58 bits per heavy atom. The van der Waals surface area contributed by atoms with E-state index in [0.717, 1.165) is 6.04 Å². The second-order valence-corrected chi connectivity index (χ2v) is 5.42. The van der Waals surface area contributed by atoms with Gasteiger partial charge in [0.15, 0.2) is 9.04 Å². The van der Waals surface area contributed by atoms with Gasteiger partial charge in [0.1, 0.15) is 0 Å². The van der Waals surface area contributed by atoms with Crippen molar-refractivity contribution >= 4 is 15.0 Å². The number of ether oxygens (including phenoxy) is 1. The molecule has 0 rings (SSSR count). The lowest BCUT2D eigenvalue weighted by Crippen LogP contribution is -2.15. The molecule has 1 atom stereocenters. The van der Waals surface area contributed by atoms with Crippen LogP contribution in [0.3, 0.4) is 0 Å². The van der Waals surface area contributed by atoms with Gasteiger partial charge in [-0.1, -0.05) is 6.58 Å². The topological polar surface area (TPSA) is 35.5 Å². The Bertz CT molecular complexity index is 168. The van der Waals surface area contributed by atoms with Crippen LogP contribution < -0.4 is 0 Å². The van der Waals surface area contributed by atoms with E-state index in [1.165, 1.54) is 0 Å². The quantitative estimate of drug-likeness (QED) is 0.368. The first-order valence-electron chi connectivity index (χ1n) is 3.93. The first kappa shape index (κ1) is 11.4.